The summed E-state index contributed by atoms with van der Waals surface area (Å²) in [4.78, 5) is 4.84. The summed E-state index contributed by atoms with van der Waals surface area (Å²) < 4.78 is 13.6. The molecule has 82 heavy (non-hydrogen) atoms. The second-order valence-corrected chi connectivity index (χ2v) is 24.2. The van der Waals surface area contributed by atoms with Gasteiger partial charge >= 0.3 is 0 Å². The van der Waals surface area contributed by atoms with E-state index in [2.05, 4.69) is 306 Å². The molecular weight excluding hydrogens is 997 g/mol. The largest absolute Gasteiger partial charge is 0.456 e. The molecule has 0 amide bonds. The first kappa shape index (κ1) is 49.2. The predicted molar refractivity (Wildman–Crippen MR) is 349 cm³/mol. The summed E-state index contributed by atoms with van der Waals surface area (Å²) in [5.41, 5.74) is 17.1. The van der Waals surface area contributed by atoms with Crippen LogP contribution in [0.5, 0.6) is 0 Å². The van der Waals surface area contributed by atoms with Crippen molar-refractivity contribution in [3.05, 3.63) is 266 Å². The molecule has 0 N–H and O–H groups in total. The zero-order chi connectivity index (χ0) is 55.4. The third-order valence-corrected chi connectivity index (χ3v) is 16.8. The monoisotopic (exact) mass is 1060 g/mol. The Bertz CT molecular complexity index is 4670. The Hall–Kier alpha value is -9.90. The Morgan fingerprint density at radius 2 is 0.585 bits per heavy atom. The van der Waals surface area contributed by atoms with E-state index in [9.17, 15) is 0 Å². The third kappa shape index (κ3) is 8.53. The van der Waals surface area contributed by atoms with Crippen LogP contribution in [-0.2, 0) is 10.8 Å². The summed E-state index contributed by atoms with van der Waals surface area (Å²) in [6.07, 6.45) is 0. The molecule has 13 aromatic carbocycles. The van der Waals surface area contributed by atoms with Crippen molar-refractivity contribution in [2.24, 2.45) is 0 Å². The van der Waals surface area contributed by atoms with Gasteiger partial charge in [0.15, 0.2) is 0 Å². The maximum atomic E-state index is 6.82. The smallest absolute Gasteiger partial charge is 0.139 e. The SMILES string of the molecule is CC(C)(C)c1ccc(N(c2ccc3cc4c(cc3c2)oc2cc3oc5cc6cc(N(c7ccc(C(C)(C)C)cc7)c7cc8ccccc8cc7-c7ccccc7)ccc6cc5c3cc24)c2cc3ccccc3cc2-c2ccccc2)cc1. The molecule has 4 nitrogen and oxygen atoms in total. The van der Waals surface area contributed by atoms with Gasteiger partial charge in [0.25, 0.3) is 0 Å². The van der Waals surface area contributed by atoms with Gasteiger partial charge in [0.05, 0.1) is 11.4 Å². The average Bonchev–Trinajstić information content (AvgIpc) is 3.97. The number of benzene rings is 13. The Kier molecular flexibility index (Phi) is 11.3. The van der Waals surface area contributed by atoms with E-state index >= 15 is 0 Å². The minimum Gasteiger partial charge on any atom is -0.456 e. The molecule has 0 saturated heterocycles. The minimum absolute atomic E-state index is 0.0227. The van der Waals surface area contributed by atoms with Gasteiger partial charge in [-0.1, -0.05) is 187 Å². The molecule has 2 aromatic heterocycles. The fraction of sp³-hybridized carbons (Fsp3) is 0.103. The lowest BCUT2D eigenvalue weighted by Crippen LogP contribution is -2.14. The van der Waals surface area contributed by atoms with E-state index in [4.69, 9.17) is 8.83 Å². The lowest BCUT2D eigenvalue weighted by molar-refractivity contribution is 0.590. The Balaban J connectivity index is 0.840. The van der Waals surface area contributed by atoms with Gasteiger partial charge in [-0.25, -0.2) is 0 Å². The predicted octanol–water partition coefficient (Wildman–Crippen LogP) is 23.0. The van der Waals surface area contributed by atoms with Crippen LogP contribution in [0.25, 0.3) is 109 Å². The maximum Gasteiger partial charge on any atom is 0.139 e. The molecule has 394 valence electrons. The molecular formula is C78H60N2O2. The number of furan rings is 2. The van der Waals surface area contributed by atoms with E-state index in [0.717, 1.165) is 99.5 Å². The second kappa shape index (κ2) is 18.9. The molecule has 0 aliphatic heterocycles. The standard InChI is InChI=1S/C78H60N2O2/c1-77(2,3)59-27-33-61(34-28-59)79(71-43-53-23-15-13-21-51(53)39-65(71)49-17-9-7-10-18-49)63-31-25-55-41-67-69-47-70-68-42-56-26-32-64(38-58(56)46-74(68)82-76(70)48-75(69)81-73(67)45-57(55)37-63)80(62-35-29-60(30-36-62)78(4,5)6)72-44-54-24-16-14-22-52(54)40-66(72)50-19-11-8-12-20-50/h7-48H,1-6H3. The fourth-order valence-corrected chi connectivity index (χ4v) is 12.4. The molecule has 0 radical (unpaired) electrons. The first-order valence-corrected chi connectivity index (χ1v) is 28.5. The van der Waals surface area contributed by atoms with Crippen LogP contribution in [0.1, 0.15) is 52.7 Å². The lowest BCUT2D eigenvalue weighted by atomic mass is 9.87. The summed E-state index contributed by atoms with van der Waals surface area (Å²) in [5, 5.41) is 13.5. The van der Waals surface area contributed by atoms with E-state index < -0.39 is 0 Å². The van der Waals surface area contributed by atoms with Crippen LogP contribution in [0.2, 0.25) is 0 Å². The van der Waals surface area contributed by atoms with Crippen molar-refractivity contribution < 1.29 is 8.83 Å². The van der Waals surface area contributed by atoms with Crippen molar-refractivity contribution in [1.29, 1.82) is 0 Å². The van der Waals surface area contributed by atoms with Crippen molar-refractivity contribution >= 4 is 121 Å². The number of fused-ring (bicyclic) bond motifs is 10. The molecule has 0 saturated carbocycles. The highest BCUT2D eigenvalue weighted by Gasteiger charge is 2.24. The minimum atomic E-state index is 0.0227. The second-order valence-electron chi connectivity index (χ2n) is 24.2. The van der Waals surface area contributed by atoms with E-state index in [-0.39, 0.29) is 10.8 Å². The Morgan fingerprint density at radius 1 is 0.256 bits per heavy atom. The average molecular weight is 1060 g/mol. The van der Waals surface area contributed by atoms with Gasteiger partial charge < -0.3 is 18.6 Å². The summed E-state index contributed by atoms with van der Waals surface area (Å²) >= 11 is 0. The van der Waals surface area contributed by atoms with E-state index in [1.807, 2.05) is 0 Å². The molecule has 0 spiro atoms. The number of nitrogens with zero attached hydrogens (tertiary/aromatic N) is 2. The summed E-state index contributed by atoms with van der Waals surface area (Å²) in [7, 11) is 0. The summed E-state index contributed by atoms with van der Waals surface area (Å²) in [5.74, 6) is 0. The fourth-order valence-electron chi connectivity index (χ4n) is 12.4. The molecule has 0 unspecified atom stereocenters. The van der Waals surface area contributed by atoms with E-state index in [1.165, 1.54) is 54.9 Å². The highest BCUT2D eigenvalue weighted by atomic mass is 16.3. The molecule has 4 heteroatoms. The number of hydrogen-bond donors (Lipinski definition) is 0. The van der Waals surface area contributed by atoms with Crippen LogP contribution in [0.3, 0.4) is 0 Å². The highest BCUT2D eigenvalue weighted by Crippen LogP contribution is 2.48. The van der Waals surface area contributed by atoms with Crippen LogP contribution in [-0.4, -0.2) is 0 Å². The van der Waals surface area contributed by atoms with Crippen LogP contribution >= 0.6 is 0 Å². The molecule has 0 fully saturated rings. The molecule has 0 atom stereocenters. The first-order valence-electron chi connectivity index (χ1n) is 28.5. The van der Waals surface area contributed by atoms with Gasteiger partial charge in [-0.05, 0) is 179 Å². The topological polar surface area (TPSA) is 32.8 Å². The third-order valence-electron chi connectivity index (χ3n) is 16.8. The van der Waals surface area contributed by atoms with Crippen LogP contribution in [0.15, 0.2) is 264 Å². The van der Waals surface area contributed by atoms with Crippen LogP contribution in [0, 0.1) is 0 Å². The van der Waals surface area contributed by atoms with Crippen molar-refractivity contribution in [3.8, 4) is 22.3 Å². The lowest BCUT2D eigenvalue weighted by Gasteiger charge is -2.29. The molecule has 15 aromatic rings. The van der Waals surface area contributed by atoms with Gasteiger partial charge in [-0.15, -0.1) is 0 Å². The molecule has 0 bridgehead atoms. The van der Waals surface area contributed by atoms with Gasteiger partial charge in [-0.3, -0.25) is 0 Å². The van der Waals surface area contributed by atoms with Gasteiger partial charge in [0, 0.05) is 61.5 Å². The van der Waals surface area contributed by atoms with E-state index in [1.54, 1.807) is 0 Å². The first-order chi connectivity index (χ1) is 39.8. The quantitative estimate of drug-likeness (QED) is 0.152. The molecule has 15 rings (SSSR count). The van der Waals surface area contributed by atoms with Gasteiger partial charge in [0.2, 0.25) is 0 Å². The van der Waals surface area contributed by atoms with Crippen LogP contribution in [0.4, 0.5) is 34.1 Å². The van der Waals surface area contributed by atoms with Crippen molar-refractivity contribution in [1.82, 2.24) is 0 Å². The maximum absolute atomic E-state index is 6.82. The van der Waals surface area contributed by atoms with Crippen molar-refractivity contribution in [2.45, 2.75) is 52.4 Å². The Labute approximate surface area is 477 Å². The highest BCUT2D eigenvalue weighted by molar-refractivity contribution is 6.19. The molecule has 0 aliphatic rings. The molecule has 2 heterocycles. The normalized spacial score (nSPS) is 12.3. The van der Waals surface area contributed by atoms with E-state index in [0.29, 0.717) is 0 Å². The van der Waals surface area contributed by atoms with Gasteiger partial charge in [0.1, 0.15) is 22.3 Å². The zero-order valence-corrected chi connectivity index (χ0v) is 47.0. The van der Waals surface area contributed by atoms with Crippen molar-refractivity contribution in [2.75, 3.05) is 9.80 Å². The van der Waals surface area contributed by atoms with Gasteiger partial charge in [-0.2, -0.15) is 0 Å². The summed E-state index contributed by atoms with van der Waals surface area (Å²) in [6.45, 7) is 13.6. The van der Waals surface area contributed by atoms with Crippen molar-refractivity contribution in [3.63, 3.8) is 0 Å². The van der Waals surface area contributed by atoms with Crippen LogP contribution < -0.4 is 9.80 Å². The summed E-state index contributed by atoms with van der Waals surface area (Å²) in [6, 6.07) is 93.4. The Morgan fingerprint density at radius 3 is 0.976 bits per heavy atom. The molecule has 0 aliphatic carbocycles. The number of hydrogen-bond acceptors (Lipinski definition) is 4. The number of anilines is 6. The zero-order valence-electron chi connectivity index (χ0n) is 47.0. The number of rotatable bonds is 8.